The van der Waals surface area contributed by atoms with E-state index in [1.165, 1.54) is 6.92 Å². The van der Waals surface area contributed by atoms with Crippen LogP contribution in [-0.4, -0.2) is 90.6 Å². The first-order valence-electron chi connectivity index (χ1n) is 17.7. The van der Waals surface area contributed by atoms with Crippen molar-refractivity contribution in [2.75, 3.05) is 6.61 Å². The highest BCUT2D eigenvalue weighted by Crippen LogP contribution is 2.65. The van der Waals surface area contributed by atoms with Gasteiger partial charge in [0.15, 0.2) is 25.8 Å². The predicted octanol–water partition coefficient (Wildman–Crippen LogP) is 4.85. The number of ether oxygens (including phenoxy) is 4. The number of benzene rings is 1. The Bertz CT molecular complexity index is 1560. The summed E-state index contributed by atoms with van der Waals surface area (Å²) >= 11 is 0. The molecule has 1 aromatic carbocycles. The molecular weight excluding hydrogens is 660 g/mol. The van der Waals surface area contributed by atoms with Crippen molar-refractivity contribution in [3.8, 4) is 0 Å². The maximum Gasteiger partial charge on any atom is 0.338 e. The van der Waals surface area contributed by atoms with E-state index in [2.05, 4.69) is 27.4 Å². The van der Waals surface area contributed by atoms with Crippen molar-refractivity contribution in [2.45, 2.75) is 128 Å². The third kappa shape index (κ3) is 5.62. The van der Waals surface area contributed by atoms with E-state index in [0.717, 1.165) is 24.2 Å². The van der Waals surface area contributed by atoms with Crippen molar-refractivity contribution in [2.24, 2.45) is 16.7 Å². The van der Waals surface area contributed by atoms with Gasteiger partial charge in [0.2, 0.25) is 0 Å². The zero-order valence-corrected chi connectivity index (χ0v) is 31.4. The fourth-order valence-electron chi connectivity index (χ4n) is 9.32. The number of Topliss-reactive ketones (excluding diaryl/α,β-unsaturated/α-hetero) is 1. The first kappa shape index (κ1) is 38.1. The van der Waals surface area contributed by atoms with Crippen LogP contribution in [-0.2, 0) is 37.8 Å². The summed E-state index contributed by atoms with van der Waals surface area (Å²) in [6.45, 7) is 17.5. The molecule has 1 aromatic rings. The Kier molecular flexibility index (Phi) is 10.2. The third-order valence-electron chi connectivity index (χ3n) is 12.6. The minimum Gasteiger partial charge on any atom is -0.455 e. The molecule has 1 saturated heterocycles. The Labute approximate surface area is 295 Å². The second kappa shape index (κ2) is 13.4. The van der Waals surface area contributed by atoms with Gasteiger partial charge in [-0.05, 0) is 55.3 Å². The largest absolute Gasteiger partial charge is 0.455 e. The van der Waals surface area contributed by atoms with Crippen LogP contribution in [0.25, 0.3) is 0 Å². The molecule has 12 heteroatoms. The van der Waals surface area contributed by atoms with E-state index in [9.17, 15) is 24.6 Å². The van der Waals surface area contributed by atoms with Gasteiger partial charge in [-0.3, -0.25) is 9.59 Å². The van der Waals surface area contributed by atoms with Gasteiger partial charge in [-0.1, -0.05) is 59.4 Å². The van der Waals surface area contributed by atoms with E-state index in [1.807, 2.05) is 0 Å². The maximum absolute atomic E-state index is 15.7. The average molecular weight is 713 g/mol. The van der Waals surface area contributed by atoms with Gasteiger partial charge in [-0.2, -0.15) is 0 Å². The van der Waals surface area contributed by atoms with E-state index in [4.69, 9.17) is 23.4 Å². The number of ketones is 1. The molecule has 11 nitrogen and oxygen atoms in total. The van der Waals surface area contributed by atoms with Gasteiger partial charge >= 0.3 is 17.9 Å². The van der Waals surface area contributed by atoms with Gasteiger partial charge in [0.1, 0.15) is 17.8 Å². The molecule has 0 spiro atoms. The van der Waals surface area contributed by atoms with Crippen LogP contribution in [0.15, 0.2) is 54.1 Å². The number of aliphatic hydroxyl groups excluding tert-OH is 1. The van der Waals surface area contributed by atoms with Gasteiger partial charge in [0, 0.05) is 31.3 Å². The Morgan fingerprint density at radius 2 is 1.68 bits per heavy atom. The van der Waals surface area contributed by atoms with E-state index in [1.54, 1.807) is 58.0 Å². The molecular formula is C38H52O11Si. The molecule has 0 radical (unpaired) electrons. The van der Waals surface area contributed by atoms with Gasteiger partial charge in [-0.25, -0.2) is 9.59 Å². The highest BCUT2D eigenvalue weighted by Gasteiger charge is 2.78. The Balaban J connectivity index is 1.89. The molecule has 274 valence electrons. The molecule has 2 N–H and O–H groups in total. The topological polar surface area (TPSA) is 155 Å². The number of hydrogen-bond acceptors (Lipinski definition) is 11. The monoisotopic (exact) mass is 712 g/mol. The summed E-state index contributed by atoms with van der Waals surface area (Å²) in [4.78, 5) is 55.9. The number of carbonyl (C=O) groups is 4. The molecule has 3 fully saturated rings. The summed E-state index contributed by atoms with van der Waals surface area (Å²) < 4.78 is 31.9. The smallest absolute Gasteiger partial charge is 0.338 e. The summed E-state index contributed by atoms with van der Waals surface area (Å²) in [6, 6.07) is 10.5. The number of esters is 3. The lowest BCUT2D eigenvalue weighted by Gasteiger charge is -2.68. The van der Waals surface area contributed by atoms with Gasteiger partial charge in [0.05, 0.1) is 35.7 Å². The van der Waals surface area contributed by atoms with E-state index >= 15 is 4.79 Å². The van der Waals surface area contributed by atoms with E-state index in [-0.39, 0.29) is 30.6 Å². The minimum absolute atomic E-state index is 0.145. The average Bonchev–Trinajstić information content (AvgIpc) is 3.08. The molecule has 1 heterocycles. The van der Waals surface area contributed by atoms with Crippen LogP contribution < -0.4 is 0 Å². The van der Waals surface area contributed by atoms with Crippen LogP contribution in [0, 0.1) is 16.7 Å². The van der Waals surface area contributed by atoms with Crippen molar-refractivity contribution < 1.29 is 52.8 Å². The highest BCUT2D eigenvalue weighted by atomic mass is 28.4. The quantitative estimate of drug-likeness (QED) is 0.113. The first-order valence-corrected chi connectivity index (χ1v) is 20.2. The van der Waals surface area contributed by atoms with Crippen LogP contribution in [0.3, 0.4) is 0 Å². The number of hydrogen-bond donors (Lipinski definition) is 2. The van der Waals surface area contributed by atoms with Crippen LogP contribution >= 0.6 is 0 Å². The number of carbonyl (C=O) groups excluding carboxylic acids is 4. The second-order valence-electron chi connectivity index (χ2n) is 15.1. The van der Waals surface area contributed by atoms with Crippen molar-refractivity contribution in [3.05, 3.63) is 59.7 Å². The molecule has 1 aliphatic heterocycles. The van der Waals surface area contributed by atoms with Crippen molar-refractivity contribution in [3.63, 3.8) is 0 Å². The summed E-state index contributed by atoms with van der Waals surface area (Å²) in [5.74, 6) is -4.15. The molecule has 2 bridgehead atoms. The fourth-order valence-corrected chi connectivity index (χ4v) is 12.3. The standard InChI is InChI=1S/C38H52O11Si/c1-10-28(41)48-37-21-45-27(37)19-26(49-50(11-2,12-3)13-4)36(9)31(37)33(47-34(43)24-17-15-14-16-18-24)38(44)20-25(40)22(5)29(35(38,7)8)30(32(36)42)46-23(6)39/h10,14-18,25-27,30-31,33,40,44H,1,11-13,19-21H2,2-9H3/t25-,26-,27+,30+,31-,33-,36+,37-,38+/m0/s1. The molecule has 0 amide bonds. The molecule has 5 rings (SSSR count). The Morgan fingerprint density at radius 3 is 2.20 bits per heavy atom. The van der Waals surface area contributed by atoms with Crippen LogP contribution in [0.5, 0.6) is 0 Å². The molecule has 0 aromatic heterocycles. The van der Waals surface area contributed by atoms with Crippen LogP contribution in [0.2, 0.25) is 18.1 Å². The van der Waals surface area contributed by atoms with Crippen LogP contribution in [0.4, 0.5) is 0 Å². The lowest BCUT2D eigenvalue weighted by molar-refractivity contribution is -0.344. The molecule has 9 atom stereocenters. The lowest BCUT2D eigenvalue weighted by Crippen LogP contribution is -2.82. The summed E-state index contributed by atoms with van der Waals surface area (Å²) in [5.41, 5.74) is -6.02. The molecule has 4 aliphatic rings. The normalized spacial score (nSPS) is 36.1. The summed E-state index contributed by atoms with van der Waals surface area (Å²) in [5, 5.41) is 24.9. The van der Waals surface area contributed by atoms with E-state index < -0.39 is 90.5 Å². The van der Waals surface area contributed by atoms with Crippen molar-refractivity contribution >= 4 is 32.0 Å². The zero-order chi connectivity index (χ0) is 37.0. The minimum atomic E-state index is -2.50. The molecule has 50 heavy (non-hydrogen) atoms. The fraction of sp³-hybridized carbons (Fsp3) is 0.632. The van der Waals surface area contributed by atoms with E-state index in [0.29, 0.717) is 5.57 Å². The first-order chi connectivity index (χ1) is 23.4. The summed E-state index contributed by atoms with van der Waals surface area (Å²) in [6.07, 6.45) is -5.22. The number of fused-ring (bicyclic) bond motifs is 5. The third-order valence-corrected chi connectivity index (χ3v) is 17.3. The van der Waals surface area contributed by atoms with Crippen molar-refractivity contribution in [1.82, 2.24) is 0 Å². The summed E-state index contributed by atoms with van der Waals surface area (Å²) in [7, 11) is -2.50. The van der Waals surface area contributed by atoms with Crippen molar-refractivity contribution in [1.29, 1.82) is 0 Å². The number of aliphatic hydroxyl groups is 2. The lowest BCUT2D eigenvalue weighted by atomic mass is 9.44. The highest BCUT2D eigenvalue weighted by molar-refractivity contribution is 6.73. The Morgan fingerprint density at radius 1 is 1.06 bits per heavy atom. The van der Waals surface area contributed by atoms with Crippen LogP contribution in [0.1, 0.15) is 78.6 Å². The molecule has 3 aliphatic carbocycles. The SMILES string of the molecule is C=CC(=O)O[C@@]12CO[C@@H]1C[C@H](O[Si](CC)(CC)CC)[C@@]1(C)C(=O)[C@H](OC(C)=O)C3=C(C)[C@@H](O)C[C@@](O)([C@@H](OC(=O)c4ccccc4)[C@H]21)C3(C)C. The predicted molar refractivity (Wildman–Crippen MR) is 185 cm³/mol. The number of rotatable bonds is 10. The Hall–Kier alpha value is -3.16. The molecule has 2 saturated carbocycles. The molecule has 0 unspecified atom stereocenters. The second-order valence-corrected chi connectivity index (χ2v) is 19.9. The van der Waals surface area contributed by atoms with Gasteiger partial charge in [-0.15, -0.1) is 0 Å². The zero-order valence-electron chi connectivity index (χ0n) is 30.4. The maximum atomic E-state index is 15.7. The van der Waals surface area contributed by atoms with Gasteiger partial charge < -0.3 is 33.6 Å². The van der Waals surface area contributed by atoms with Gasteiger partial charge in [0.25, 0.3) is 0 Å².